The lowest BCUT2D eigenvalue weighted by molar-refractivity contribution is -0.0253. The Morgan fingerprint density at radius 3 is 2.86 bits per heavy atom. The molecule has 0 amide bonds. The number of rotatable bonds is 8. The molecule has 0 saturated heterocycles. The van der Waals surface area contributed by atoms with E-state index in [1.54, 1.807) is 0 Å². The molecule has 1 saturated carbocycles. The van der Waals surface area contributed by atoms with Crippen molar-refractivity contribution in [3.63, 3.8) is 0 Å². The number of unbranched alkanes of at least 4 members (excludes halogenated alkanes) is 1. The predicted octanol–water partition coefficient (Wildman–Crippen LogP) is 4.24. The number of hydrogen-bond acceptors (Lipinski definition) is 5. The maximum Gasteiger partial charge on any atom is 0.165 e. The van der Waals surface area contributed by atoms with Crippen molar-refractivity contribution in [3.8, 4) is 12.3 Å². The molecule has 3 rings (SSSR count). The third-order valence-electron chi connectivity index (χ3n) is 5.90. The zero-order valence-corrected chi connectivity index (χ0v) is 17.4. The van der Waals surface area contributed by atoms with Gasteiger partial charge in [-0.2, -0.15) is 0 Å². The van der Waals surface area contributed by atoms with Gasteiger partial charge in [-0.25, -0.2) is 15.0 Å². The van der Waals surface area contributed by atoms with E-state index < -0.39 is 5.60 Å². The van der Waals surface area contributed by atoms with Crippen LogP contribution in [0, 0.1) is 18.3 Å². The molecule has 6 nitrogen and oxygen atoms in total. The summed E-state index contributed by atoms with van der Waals surface area (Å²) < 4.78 is 2.03. The maximum atomic E-state index is 11.4. The Balaban J connectivity index is 2.05. The van der Waals surface area contributed by atoms with E-state index in [2.05, 4.69) is 37.0 Å². The number of aromatic nitrogens is 4. The summed E-state index contributed by atoms with van der Waals surface area (Å²) in [6.07, 6.45) is 14.4. The normalized spacial score (nSPS) is 22.5. The topological polar surface area (TPSA) is 75.9 Å². The number of terminal acetylenes is 1. The number of fused-ring (bicyclic) bond motifs is 1. The van der Waals surface area contributed by atoms with Gasteiger partial charge in [0.15, 0.2) is 17.3 Å². The highest BCUT2D eigenvalue weighted by Gasteiger charge is 2.38. The van der Waals surface area contributed by atoms with Crippen LogP contribution in [0.25, 0.3) is 11.2 Å². The van der Waals surface area contributed by atoms with Crippen molar-refractivity contribution in [2.75, 3.05) is 5.32 Å². The van der Waals surface area contributed by atoms with Crippen LogP contribution in [0.3, 0.4) is 0 Å². The summed E-state index contributed by atoms with van der Waals surface area (Å²) in [5.41, 5.74) is 0.579. The van der Waals surface area contributed by atoms with Gasteiger partial charge in [0.1, 0.15) is 11.1 Å². The molecule has 2 N–H and O–H groups in total. The Morgan fingerprint density at radius 2 is 2.18 bits per heavy atom. The number of anilines is 1. The molecule has 152 valence electrons. The van der Waals surface area contributed by atoms with E-state index in [9.17, 15) is 5.11 Å². The van der Waals surface area contributed by atoms with E-state index in [0.29, 0.717) is 30.6 Å². The van der Waals surface area contributed by atoms with E-state index in [4.69, 9.17) is 16.4 Å². The standard InChI is InChI=1S/C22H33N5O/c1-5-8-9-13-27-15-23-18-19(24-17(6-2)7-3)25-21(26-20(18)27)22(28)12-10-11-16(4)14-22/h1,15-17,28H,6-14H2,2-4H3,(H,24,25,26)/t16-,22+/m1/s1. The first-order valence-electron chi connectivity index (χ1n) is 10.7. The molecule has 1 fully saturated rings. The lowest BCUT2D eigenvalue weighted by Gasteiger charge is -2.34. The number of aryl methyl sites for hydroxylation is 1. The van der Waals surface area contributed by atoms with Crippen molar-refractivity contribution in [2.24, 2.45) is 5.92 Å². The maximum absolute atomic E-state index is 11.4. The predicted molar refractivity (Wildman–Crippen MR) is 113 cm³/mol. The minimum Gasteiger partial charge on any atom is -0.382 e. The summed E-state index contributed by atoms with van der Waals surface area (Å²) >= 11 is 0. The highest BCUT2D eigenvalue weighted by atomic mass is 16.3. The zero-order chi connectivity index (χ0) is 20.1. The van der Waals surface area contributed by atoms with Crippen LogP contribution in [0.1, 0.15) is 78.0 Å². The van der Waals surface area contributed by atoms with Crippen LogP contribution in [0.4, 0.5) is 5.82 Å². The van der Waals surface area contributed by atoms with E-state index in [1.165, 1.54) is 0 Å². The molecule has 0 aromatic carbocycles. The molecular formula is C22H33N5O. The van der Waals surface area contributed by atoms with Crippen molar-refractivity contribution in [3.05, 3.63) is 12.2 Å². The fourth-order valence-electron chi connectivity index (χ4n) is 4.18. The van der Waals surface area contributed by atoms with Gasteiger partial charge in [-0.3, -0.25) is 0 Å². The van der Waals surface area contributed by atoms with Crippen molar-refractivity contribution >= 4 is 17.0 Å². The second-order valence-corrected chi connectivity index (χ2v) is 8.20. The Bertz CT molecular complexity index is 835. The van der Waals surface area contributed by atoms with Gasteiger partial charge in [-0.15, -0.1) is 12.3 Å². The van der Waals surface area contributed by atoms with E-state index in [0.717, 1.165) is 62.1 Å². The molecule has 6 heteroatoms. The molecule has 0 aliphatic heterocycles. The summed E-state index contributed by atoms with van der Waals surface area (Å²) in [7, 11) is 0. The van der Waals surface area contributed by atoms with Crippen LogP contribution in [0.15, 0.2) is 6.33 Å². The fourth-order valence-corrected chi connectivity index (χ4v) is 4.18. The number of aliphatic hydroxyl groups is 1. The summed E-state index contributed by atoms with van der Waals surface area (Å²) in [6.45, 7) is 7.27. The Kier molecular flexibility index (Phi) is 6.56. The molecule has 0 spiro atoms. The molecular weight excluding hydrogens is 350 g/mol. The van der Waals surface area contributed by atoms with Gasteiger partial charge in [0.05, 0.1) is 6.33 Å². The first-order valence-corrected chi connectivity index (χ1v) is 10.7. The summed E-state index contributed by atoms with van der Waals surface area (Å²) in [6, 6.07) is 0.317. The van der Waals surface area contributed by atoms with Gasteiger partial charge in [-0.05, 0) is 44.4 Å². The largest absolute Gasteiger partial charge is 0.382 e. The minimum atomic E-state index is -0.968. The molecule has 0 unspecified atom stereocenters. The van der Waals surface area contributed by atoms with Gasteiger partial charge in [0.25, 0.3) is 0 Å². The molecule has 0 radical (unpaired) electrons. The van der Waals surface area contributed by atoms with Crippen molar-refractivity contribution < 1.29 is 5.11 Å². The number of hydrogen-bond donors (Lipinski definition) is 2. The molecule has 28 heavy (non-hydrogen) atoms. The SMILES string of the molecule is C#CCCCn1cnc2c(NC(CC)CC)nc([C@]3(O)CCC[C@@H](C)C3)nc21. The monoisotopic (exact) mass is 383 g/mol. The van der Waals surface area contributed by atoms with Crippen molar-refractivity contribution in [1.82, 2.24) is 19.5 Å². The van der Waals surface area contributed by atoms with Crippen LogP contribution < -0.4 is 5.32 Å². The van der Waals surface area contributed by atoms with Crippen molar-refractivity contribution in [2.45, 2.75) is 90.3 Å². The van der Waals surface area contributed by atoms with Gasteiger partial charge >= 0.3 is 0 Å². The first kappa shape index (κ1) is 20.6. The molecule has 2 heterocycles. The van der Waals surface area contributed by atoms with Crippen LogP contribution in [-0.2, 0) is 12.1 Å². The molecule has 2 aromatic rings. The third kappa shape index (κ3) is 4.30. The second-order valence-electron chi connectivity index (χ2n) is 8.20. The Morgan fingerprint density at radius 1 is 1.39 bits per heavy atom. The van der Waals surface area contributed by atoms with Crippen LogP contribution in [-0.4, -0.2) is 30.7 Å². The quantitative estimate of drug-likeness (QED) is 0.527. The molecule has 1 aliphatic rings. The molecule has 1 aliphatic carbocycles. The second kappa shape index (κ2) is 8.91. The lowest BCUT2D eigenvalue weighted by Crippen LogP contribution is -2.34. The van der Waals surface area contributed by atoms with Crippen LogP contribution >= 0.6 is 0 Å². The van der Waals surface area contributed by atoms with Gasteiger partial charge in [0, 0.05) is 19.0 Å². The van der Waals surface area contributed by atoms with Crippen LogP contribution in [0.5, 0.6) is 0 Å². The molecule has 2 atom stereocenters. The Labute approximate surface area is 168 Å². The van der Waals surface area contributed by atoms with Gasteiger partial charge < -0.3 is 15.0 Å². The number of nitrogens with one attached hydrogen (secondary N) is 1. The van der Waals surface area contributed by atoms with Gasteiger partial charge in [-0.1, -0.05) is 27.2 Å². The summed E-state index contributed by atoms with van der Waals surface area (Å²) in [5, 5.41) is 14.9. The average molecular weight is 384 g/mol. The van der Waals surface area contributed by atoms with Crippen LogP contribution in [0.2, 0.25) is 0 Å². The van der Waals surface area contributed by atoms with Gasteiger partial charge in [0.2, 0.25) is 0 Å². The smallest absolute Gasteiger partial charge is 0.165 e. The molecule has 2 aromatic heterocycles. The summed E-state index contributed by atoms with van der Waals surface area (Å²) in [5.74, 6) is 4.41. The first-order chi connectivity index (χ1) is 13.5. The zero-order valence-electron chi connectivity index (χ0n) is 17.4. The Hall–Kier alpha value is -2.13. The summed E-state index contributed by atoms with van der Waals surface area (Å²) in [4.78, 5) is 14.2. The van der Waals surface area contributed by atoms with Crippen molar-refractivity contribution in [1.29, 1.82) is 0 Å². The minimum absolute atomic E-state index is 0.317. The number of nitrogens with zero attached hydrogens (tertiary/aromatic N) is 4. The third-order valence-corrected chi connectivity index (χ3v) is 5.90. The highest BCUT2D eigenvalue weighted by molar-refractivity contribution is 5.83. The lowest BCUT2D eigenvalue weighted by atomic mass is 9.78. The average Bonchev–Trinajstić information content (AvgIpc) is 3.09. The highest BCUT2D eigenvalue weighted by Crippen LogP contribution is 2.39. The van der Waals surface area contributed by atoms with E-state index in [1.807, 2.05) is 10.9 Å². The molecule has 0 bridgehead atoms. The number of imidazole rings is 1. The fraction of sp³-hybridized carbons (Fsp3) is 0.682. The van der Waals surface area contributed by atoms with E-state index in [-0.39, 0.29) is 0 Å². The van der Waals surface area contributed by atoms with E-state index >= 15 is 0 Å².